The smallest absolute Gasteiger partial charge is 0.276 e. The second-order valence-electron chi connectivity index (χ2n) is 2.81. The van der Waals surface area contributed by atoms with E-state index in [1.165, 1.54) is 18.3 Å². The third-order valence-electron chi connectivity index (χ3n) is 1.71. The second kappa shape index (κ2) is 5.92. The zero-order chi connectivity index (χ0) is 11.1. The maximum atomic E-state index is 10.4. The van der Waals surface area contributed by atoms with Crippen LogP contribution >= 0.6 is 0 Å². The molecule has 0 spiro atoms. The molecule has 0 aliphatic rings. The van der Waals surface area contributed by atoms with E-state index in [1.54, 1.807) is 0 Å². The molecular weight excluding hydrogens is 198 g/mol. The highest BCUT2D eigenvalue weighted by Crippen LogP contribution is 2.15. The molecule has 0 aromatic carbocycles. The Bertz CT molecular complexity index is 330. The molecule has 15 heavy (non-hydrogen) atoms. The first-order chi connectivity index (χ1) is 7.24. The van der Waals surface area contributed by atoms with Gasteiger partial charge in [-0.25, -0.2) is 4.98 Å². The zero-order valence-electron chi connectivity index (χ0n) is 8.47. The fraction of sp³-hybridized carbons (Fsp3) is 0.444. The maximum Gasteiger partial charge on any atom is 0.276 e. The number of nitrogens with zero attached hydrogens (tertiary/aromatic N) is 2. The van der Waals surface area contributed by atoms with Gasteiger partial charge in [0, 0.05) is 18.8 Å². The highest BCUT2D eigenvalue weighted by atomic mass is 16.6. The largest absolute Gasteiger partial charge is 0.476 e. The average molecular weight is 211 g/mol. The standard InChI is InChI=1S/C9H13N3O3/c1-2-10-5-6-15-9-7-8(12(13)14)3-4-11-9/h3-4,7,10H,2,5-6H2,1H3. The first-order valence-electron chi connectivity index (χ1n) is 4.68. The molecule has 6 heteroatoms. The van der Waals surface area contributed by atoms with Gasteiger partial charge < -0.3 is 10.1 Å². The minimum atomic E-state index is -0.473. The molecule has 82 valence electrons. The summed E-state index contributed by atoms with van der Waals surface area (Å²) in [6, 6.07) is 2.64. The van der Waals surface area contributed by atoms with Gasteiger partial charge in [-0.05, 0) is 6.54 Å². The Kier molecular flexibility index (Phi) is 4.49. The fourth-order valence-electron chi connectivity index (χ4n) is 0.996. The van der Waals surface area contributed by atoms with E-state index in [0.29, 0.717) is 13.2 Å². The summed E-state index contributed by atoms with van der Waals surface area (Å²) >= 11 is 0. The summed E-state index contributed by atoms with van der Waals surface area (Å²) in [6.45, 7) is 4.00. The number of rotatable bonds is 6. The van der Waals surface area contributed by atoms with Crippen molar-refractivity contribution in [2.24, 2.45) is 0 Å². The van der Waals surface area contributed by atoms with Gasteiger partial charge in [0.25, 0.3) is 5.69 Å². The molecule has 1 N–H and O–H groups in total. The molecule has 1 heterocycles. The van der Waals surface area contributed by atoms with Crippen molar-refractivity contribution in [2.75, 3.05) is 19.7 Å². The summed E-state index contributed by atoms with van der Waals surface area (Å²) in [5.74, 6) is 0.280. The van der Waals surface area contributed by atoms with Crippen molar-refractivity contribution in [3.05, 3.63) is 28.4 Å². The zero-order valence-corrected chi connectivity index (χ0v) is 8.47. The lowest BCUT2D eigenvalue weighted by atomic mass is 10.4. The number of nitrogens with one attached hydrogen (secondary N) is 1. The average Bonchev–Trinajstić information content (AvgIpc) is 2.25. The monoisotopic (exact) mass is 211 g/mol. The molecule has 0 radical (unpaired) electrons. The summed E-state index contributed by atoms with van der Waals surface area (Å²) in [4.78, 5) is 13.8. The Labute approximate surface area is 87.4 Å². The van der Waals surface area contributed by atoms with E-state index >= 15 is 0 Å². The van der Waals surface area contributed by atoms with Crippen molar-refractivity contribution >= 4 is 5.69 Å². The van der Waals surface area contributed by atoms with E-state index in [0.717, 1.165) is 6.54 Å². The Morgan fingerprint density at radius 2 is 2.47 bits per heavy atom. The molecule has 0 bridgehead atoms. The van der Waals surface area contributed by atoms with Gasteiger partial charge in [-0.2, -0.15) is 0 Å². The SMILES string of the molecule is CCNCCOc1cc([N+](=O)[O-])ccn1. The number of likely N-dealkylation sites (N-methyl/N-ethyl adjacent to an activating group) is 1. The van der Waals surface area contributed by atoms with Crippen LogP contribution in [-0.4, -0.2) is 29.6 Å². The molecule has 0 atom stereocenters. The number of aromatic nitrogens is 1. The Morgan fingerprint density at radius 3 is 3.13 bits per heavy atom. The molecule has 0 fully saturated rings. The quantitative estimate of drug-likeness (QED) is 0.431. The van der Waals surface area contributed by atoms with Crippen LogP contribution in [0.4, 0.5) is 5.69 Å². The van der Waals surface area contributed by atoms with Crippen LogP contribution in [0.3, 0.4) is 0 Å². The van der Waals surface area contributed by atoms with E-state index < -0.39 is 4.92 Å². The van der Waals surface area contributed by atoms with Crippen molar-refractivity contribution in [3.63, 3.8) is 0 Å². The molecule has 1 aromatic heterocycles. The molecule has 0 saturated carbocycles. The first kappa shape index (κ1) is 11.4. The molecule has 0 saturated heterocycles. The minimum absolute atomic E-state index is 0.0107. The predicted octanol–water partition coefficient (Wildman–Crippen LogP) is 0.978. The molecule has 1 aromatic rings. The van der Waals surface area contributed by atoms with Gasteiger partial charge in [0.15, 0.2) is 0 Å². The molecule has 6 nitrogen and oxygen atoms in total. The second-order valence-corrected chi connectivity index (χ2v) is 2.81. The van der Waals surface area contributed by atoms with Gasteiger partial charge in [0.05, 0.1) is 11.0 Å². The summed E-state index contributed by atoms with van der Waals surface area (Å²) in [5.41, 5.74) is -0.0107. The van der Waals surface area contributed by atoms with Crippen LogP contribution in [0.1, 0.15) is 6.92 Å². The van der Waals surface area contributed by atoms with Crippen LogP contribution in [0.5, 0.6) is 5.88 Å². The number of ether oxygens (including phenoxy) is 1. The highest BCUT2D eigenvalue weighted by Gasteiger charge is 2.06. The van der Waals surface area contributed by atoms with Gasteiger partial charge in [0.1, 0.15) is 6.61 Å². The molecule has 0 aliphatic carbocycles. The number of pyridine rings is 1. The van der Waals surface area contributed by atoms with Crippen LogP contribution in [0, 0.1) is 10.1 Å². The maximum absolute atomic E-state index is 10.4. The van der Waals surface area contributed by atoms with Crippen molar-refractivity contribution in [2.45, 2.75) is 6.92 Å². The van der Waals surface area contributed by atoms with E-state index in [2.05, 4.69) is 10.3 Å². The van der Waals surface area contributed by atoms with Crippen molar-refractivity contribution < 1.29 is 9.66 Å². The molecule has 1 rings (SSSR count). The van der Waals surface area contributed by atoms with Crippen LogP contribution in [-0.2, 0) is 0 Å². The minimum Gasteiger partial charge on any atom is -0.476 e. The molecular formula is C9H13N3O3. The normalized spacial score (nSPS) is 9.93. The van der Waals surface area contributed by atoms with E-state index in [1.807, 2.05) is 6.92 Å². The number of nitro groups is 1. The third kappa shape index (κ3) is 3.90. The van der Waals surface area contributed by atoms with Crippen LogP contribution in [0.15, 0.2) is 18.3 Å². The topological polar surface area (TPSA) is 77.3 Å². The third-order valence-corrected chi connectivity index (χ3v) is 1.71. The van der Waals surface area contributed by atoms with Gasteiger partial charge in [-0.15, -0.1) is 0 Å². The summed E-state index contributed by atoms with van der Waals surface area (Å²) in [6.07, 6.45) is 1.36. The van der Waals surface area contributed by atoms with Crippen molar-refractivity contribution in [1.82, 2.24) is 10.3 Å². The van der Waals surface area contributed by atoms with Gasteiger partial charge in [-0.1, -0.05) is 6.92 Å². The molecule has 0 aliphatic heterocycles. The lowest BCUT2D eigenvalue weighted by Crippen LogP contribution is -2.20. The summed E-state index contributed by atoms with van der Waals surface area (Å²) in [5, 5.41) is 13.5. The lowest BCUT2D eigenvalue weighted by Gasteiger charge is -2.04. The predicted molar refractivity (Wildman–Crippen MR) is 54.9 cm³/mol. The van der Waals surface area contributed by atoms with Gasteiger partial charge in [0.2, 0.25) is 5.88 Å². The highest BCUT2D eigenvalue weighted by molar-refractivity contribution is 5.32. The Hall–Kier alpha value is -1.69. The van der Waals surface area contributed by atoms with Crippen LogP contribution < -0.4 is 10.1 Å². The molecule has 0 unspecified atom stereocenters. The van der Waals surface area contributed by atoms with Crippen molar-refractivity contribution in [3.8, 4) is 5.88 Å². The van der Waals surface area contributed by atoms with Crippen molar-refractivity contribution in [1.29, 1.82) is 0 Å². The Balaban J connectivity index is 2.47. The Morgan fingerprint density at radius 1 is 1.67 bits per heavy atom. The van der Waals surface area contributed by atoms with Gasteiger partial charge in [-0.3, -0.25) is 10.1 Å². The first-order valence-corrected chi connectivity index (χ1v) is 4.68. The van der Waals surface area contributed by atoms with Crippen LogP contribution in [0.25, 0.3) is 0 Å². The van der Waals surface area contributed by atoms with Crippen LogP contribution in [0.2, 0.25) is 0 Å². The molecule has 0 amide bonds. The summed E-state index contributed by atoms with van der Waals surface area (Å²) < 4.78 is 5.22. The summed E-state index contributed by atoms with van der Waals surface area (Å²) in [7, 11) is 0. The fourth-order valence-corrected chi connectivity index (χ4v) is 0.996. The van der Waals surface area contributed by atoms with E-state index in [9.17, 15) is 10.1 Å². The van der Waals surface area contributed by atoms with E-state index in [4.69, 9.17) is 4.74 Å². The number of hydrogen-bond donors (Lipinski definition) is 1. The van der Waals surface area contributed by atoms with Gasteiger partial charge >= 0.3 is 0 Å². The number of hydrogen-bond acceptors (Lipinski definition) is 5. The van der Waals surface area contributed by atoms with E-state index in [-0.39, 0.29) is 11.6 Å². The lowest BCUT2D eigenvalue weighted by molar-refractivity contribution is -0.385.